The summed E-state index contributed by atoms with van der Waals surface area (Å²) in [5, 5.41) is 5.22. The van der Waals surface area contributed by atoms with E-state index in [1.54, 1.807) is 0 Å². The summed E-state index contributed by atoms with van der Waals surface area (Å²) in [6.45, 7) is 0.350. The Bertz CT molecular complexity index is 1020. The molecule has 7 nitrogen and oxygen atoms in total. The van der Waals surface area contributed by atoms with Gasteiger partial charge < -0.3 is 15.5 Å². The minimum Gasteiger partial charge on any atom is -0.356 e. The lowest BCUT2D eigenvalue weighted by Gasteiger charge is -2.33. The molecule has 3 amide bonds. The number of ketones is 1. The highest BCUT2D eigenvalue weighted by atomic mass is 19.1. The van der Waals surface area contributed by atoms with Crippen LogP contribution >= 0.6 is 0 Å². The molecule has 1 aromatic carbocycles. The number of benzene rings is 1. The summed E-state index contributed by atoms with van der Waals surface area (Å²) >= 11 is 0. The van der Waals surface area contributed by atoms with Crippen LogP contribution in [0.2, 0.25) is 0 Å². The van der Waals surface area contributed by atoms with Crippen molar-refractivity contribution in [1.82, 2.24) is 15.5 Å². The van der Waals surface area contributed by atoms with Gasteiger partial charge in [-0.1, -0.05) is 18.6 Å². The Kier molecular flexibility index (Phi) is 7.19. The zero-order valence-corrected chi connectivity index (χ0v) is 19.6. The van der Waals surface area contributed by atoms with Gasteiger partial charge in [-0.05, 0) is 56.6 Å². The quantitative estimate of drug-likeness (QED) is 0.581. The summed E-state index contributed by atoms with van der Waals surface area (Å²) in [7, 11) is 0. The number of rotatable bonds is 8. The second kappa shape index (κ2) is 9.99. The van der Waals surface area contributed by atoms with Crippen molar-refractivity contribution in [3.63, 3.8) is 0 Å². The van der Waals surface area contributed by atoms with Crippen molar-refractivity contribution in [1.29, 1.82) is 0 Å². The zero-order chi connectivity index (χ0) is 25.3. The third-order valence-corrected chi connectivity index (χ3v) is 7.71. The summed E-state index contributed by atoms with van der Waals surface area (Å²) in [4.78, 5) is 52.3. The van der Waals surface area contributed by atoms with Gasteiger partial charge in [-0.15, -0.1) is 0 Å². The molecule has 35 heavy (non-hydrogen) atoms. The van der Waals surface area contributed by atoms with E-state index in [4.69, 9.17) is 0 Å². The molecule has 10 heteroatoms. The van der Waals surface area contributed by atoms with E-state index in [-0.39, 0.29) is 36.3 Å². The van der Waals surface area contributed by atoms with Gasteiger partial charge in [0.05, 0.1) is 6.04 Å². The van der Waals surface area contributed by atoms with Crippen molar-refractivity contribution in [2.24, 2.45) is 17.8 Å². The third kappa shape index (κ3) is 4.92. The number of fused-ring (bicyclic) bond motifs is 1. The molecule has 3 aliphatic rings. The van der Waals surface area contributed by atoms with Crippen LogP contribution in [0.1, 0.15) is 44.6 Å². The Labute approximate surface area is 201 Å². The van der Waals surface area contributed by atoms with Crippen LogP contribution < -0.4 is 10.6 Å². The van der Waals surface area contributed by atoms with E-state index in [1.165, 1.54) is 17.0 Å². The number of hydrogen-bond acceptors (Lipinski definition) is 4. The first-order chi connectivity index (χ1) is 16.6. The summed E-state index contributed by atoms with van der Waals surface area (Å²) in [5.74, 6) is -4.17. The van der Waals surface area contributed by atoms with E-state index in [2.05, 4.69) is 10.6 Å². The van der Waals surface area contributed by atoms with Crippen LogP contribution in [0.4, 0.5) is 13.2 Å². The maximum atomic E-state index is 15.8. The van der Waals surface area contributed by atoms with Gasteiger partial charge in [0.2, 0.25) is 17.5 Å². The molecule has 190 valence electrons. The highest BCUT2D eigenvalue weighted by molar-refractivity contribution is 5.96. The SMILES string of the molecule is C[C@@](F)(C(=O)N1C[C@H]2CCC[C@H]2[C@H]1C(=O)N[C@H](C[C@H]1CCNC1=O)C(=O)CF)c1cccc(F)c1. The number of alkyl halides is 2. The number of likely N-dealkylation sites (tertiary alicyclic amines) is 1. The van der Waals surface area contributed by atoms with Crippen LogP contribution in [0.15, 0.2) is 24.3 Å². The van der Waals surface area contributed by atoms with Crippen LogP contribution in [0.25, 0.3) is 0 Å². The van der Waals surface area contributed by atoms with Gasteiger partial charge in [-0.25, -0.2) is 13.2 Å². The highest BCUT2D eigenvalue weighted by Gasteiger charge is 2.53. The summed E-state index contributed by atoms with van der Waals surface area (Å²) < 4.78 is 42.8. The lowest BCUT2D eigenvalue weighted by molar-refractivity contribution is -0.149. The Balaban J connectivity index is 1.57. The lowest BCUT2D eigenvalue weighted by atomic mass is 9.91. The number of amides is 3. The summed E-state index contributed by atoms with van der Waals surface area (Å²) in [6, 6.07) is 2.46. The molecule has 0 unspecified atom stereocenters. The van der Waals surface area contributed by atoms with Crippen molar-refractivity contribution in [2.75, 3.05) is 19.8 Å². The van der Waals surface area contributed by atoms with Gasteiger partial charge in [0, 0.05) is 24.6 Å². The van der Waals surface area contributed by atoms with Gasteiger partial charge >= 0.3 is 0 Å². The van der Waals surface area contributed by atoms with Gasteiger partial charge in [-0.3, -0.25) is 19.2 Å². The molecule has 2 aliphatic heterocycles. The largest absolute Gasteiger partial charge is 0.356 e. The Morgan fingerprint density at radius 1 is 1.26 bits per heavy atom. The minimum atomic E-state index is -2.57. The first-order valence-electron chi connectivity index (χ1n) is 12.1. The molecule has 3 fully saturated rings. The fraction of sp³-hybridized carbons (Fsp3) is 0.600. The highest BCUT2D eigenvalue weighted by Crippen LogP contribution is 2.44. The van der Waals surface area contributed by atoms with E-state index in [1.807, 2.05) is 0 Å². The molecule has 0 radical (unpaired) electrons. The van der Waals surface area contributed by atoms with Crippen molar-refractivity contribution in [2.45, 2.75) is 56.8 Å². The topological polar surface area (TPSA) is 95.6 Å². The Morgan fingerprint density at radius 2 is 2.03 bits per heavy atom. The molecular formula is C25H30F3N3O4. The molecule has 6 atom stereocenters. The van der Waals surface area contributed by atoms with E-state index in [9.17, 15) is 28.0 Å². The van der Waals surface area contributed by atoms with Crippen LogP contribution in [-0.2, 0) is 24.8 Å². The molecule has 0 spiro atoms. The summed E-state index contributed by atoms with van der Waals surface area (Å²) in [6.07, 6.45) is 2.71. The van der Waals surface area contributed by atoms with E-state index >= 15 is 4.39 Å². The second-order valence-corrected chi connectivity index (χ2v) is 9.94. The molecule has 2 N–H and O–H groups in total. The summed E-state index contributed by atoms with van der Waals surface area (Å²) in [5.41, 5.74) is -2.73. The molecule has 0 aromatic heterocycles. The fourth-order valence-corrected chi connectivity index (χ4v) is 5.80. The van der Waals surface area contributed by atoms with Crippen LogP contribution in [-0.4, -0.2) is 60.3 Å². The number of carbonyl (C=O) groups excluding carboxylic acids is 4. The van der Waals surface area contributed by atoms with Crippen LogP contribution in [0, 0.1) is 23.6 Å². The molecule has 2 saturated heterocycles. The first kappa shape index (κ1) is 25.2. The van der Waals surface area contributed by atoms with Gasteiger partial charge in [0.25, 0.3) is 5.91 Å². The Morgan fingerprint density at radius 3 is 2.69 bits per heavy atom. The monoisotopic (exact) mass is 493 g/mol. The van der Waals surface area contributed by atoms with E-state index in [0.29, 0.717) is 19.4 Å². The standard InChI is InChI=1S/C25H30F3N3O4/c1-25(28,16-5-3-6-17(27)11-16)24(35)31-13-15-4-2-7-18(15)21(31)23(34)30-19(20(32)12-26)10-14-8-9-29-22(14)33/h3,5-6,11,14-15,18-19,21H,2,4,7-10,12-13H2,1H3,(H,29,33)(H,30,34)/t14-,15-,18-,19-,21+,25+/m1/s1. The zero-order valence-electron chi connectivity index (χ0n) is 19.6. The van der Waals surface area contributed by atoms with Gasteiger partial charge in [0.15, 0.2) is 5.78 Å². The third-order valence-electron chi connectivity index (χ3n) is 7.71. The maximum absolute atomic E-state index is 15.8. The molecule has 1 saturated carbocycles. The van der Waals surface area contributed by atoms with Crippen LogP contribution in [0.3, 0.4) is 0 Å². The number of nitrogens with one attached hydrogen (secondary N) is 2. The average molecular weight is 494 g/mol. The molecular weight excluding hydrogens is 463 g/mol. The smallest absolute Gasteiger partial charge is 0.265 e. The maximum Gasteiger partial charge on any atom is 0.265 e. The van der Waals surface area contributed by atoms with Crippen LogP contribution in [0.5, 0.6) is 0 Å². The van der Waals surface area contributed by atoms with E-state index < -0.39 is 53.8 Å². The normalized spacial score (nSPS) is 28.2. The molecule has 2 heterocycles. The van der Waals surface area contributed by atoms with Gasteiger partial charge in [0.1, 0.15) is 18.5 Å². The number of Topliss-reactive ketones (excluding diaryl/α,β-unsaturated/α-hetero) is 1. The lowest BCUT2D eigenvalue weighted by Crippen LogP contribution is -2.55. The number of hydrogen-bond donors (Lipinski definition) is 2. The molecule has 1 aromatic rings. The molecule has 4 rings (SSSR count). The van der Waals surface area contributed by atoms with Crippen molar-refractivity contribution < 1.29 is 32.3 Å². The van der Waals surface area contributed by atoms with Crippen molar-refractivity contribution in [3.05, 3.63) is 35.6 Å². The Hall–Kier alpha value is -2.91. The number of nitrogens with zero attached hydrogens (tertiary/aromatic N) is 1. The molecule has 0 bridgehead atoms. The van der Waals surface area contributed by atoms with E-state index in [0.717, 1.165) is 31.9 Å². The predicted octanol–water partition coefficient (Wildman–Crippen LogP) is 2.19. The van der Waals surface area contributed by atoms with Gasteiger partial charge in [-0.2, -0.15) is 0 Å². The fourth-order valence-electron chi connectivity index (χ4n) is 5.80. The number of halogens is 3. The van der Waals surface area contributed by atoms with Crippen molar-refractivity contribution in [3.8, 4) is 0 Å². The molecule has 1 aliphatic carbocycles. The minimum absolute atomic E-state index is 0.00561. The van der Waals surface area contributed by atoms with Crippen molar-refractivity contribution >= 4 is 23.5 Å². The first-order valence-corrected chi connectivity index (χ1v) is 12.1. The average Bonchev–Trinajstić information content (AvgIpc) is 3.53. The number of carbonyl (C=O) groups is 4. The second-order valence-electron chi connectivity index (χ2n) is 9.94. The predicted molar refractivity (Wildman–Crippen MR) is 120 cm³/mol.